The Hall–Kier alpha value is -4.54. The van der Waals surface area contributed by atoms with Crippen molar-refractivity contribution in [3.8, 4) is 11.3 Å². The number of thiazole rings is 1. The molecule has 0 spiro atoms. The Bertz CT molecular complexity index is 1520. The minimum atomic E-state index is -0.917. The van der Waals surface area contributed by atoms with Crippen LogP contribution in [0.25, 0.3) is 11.3 Å². The van der Waals surface area contributed by atoms with Crippen LogP contribution in [0.4, 0.5) is 9.93 Å². The zero-order chi connectivity index (χ0) is 28.2. The van der Waals surface area contributed by atoms with E-state index in [4.69, 9.17) is 9.47 Å². The predicted molar refractivity (Wildman–Crippen MR) is 154 cm³/mol. The highest BCUT2D eigenvalue weighted by Gasteiger charge is 2.44. The maximum absolute atomic E-state index is 13.4. The fraction of sp³-hybridized carbons (Fsp3) is 0.226. The van der Waals surface area contributed by atoms with E-state index in [9.17, 15) is 14.4 Å². The molecule has 1 saturated carbocycles. The molecule has 2 heterocycles. The van der Waals surface area contributed by atoms with E-state index in [1.165, 1.54) is 16.2 Å². The van der Waals surface area contributed by atoms with Gasteiger partial charge in [0.05, 0.1) is 12.3 Å². The van der Waals surface area contributed by atoms with Crippen molar-refractivity contribution in [3.05, 3.63) is 107 Å². The van der Waals surface area contributed by atoms with Gasteiger partial charge in [-0.3, -0.25) is 14.5 Å². The first-order valence-corrected chi connectivity index (χ1v) is 14.3. The molecular formula is C31H28N4O5S. The van der Waals surface area contributed by atoms with Gasteiger partial charge in [-0.25, -0.2) is 9.78 Å². The van der Waals surface area contributed by atoms with E-state index in [1.807, 2.05) is 78.2 Å². The van der Waals surface area contributed by atoms with Crippen molar-refractivity contribution in [2.75, 3.05) is 11.9 Å². The van der Waals surface area contributed by atoms with Gasteiger partial charge in [-0.15, -0.1) is 11.3 Å². The molecule has 0 bridgehead atoms. The number of carbonyl (C=O) groups is 3. The molecule has 2 fully saturated rings. The third kappa shape index (κ3) is 6.29. The number of ether oxygens (including phenoxy) is 2. The van der Waals surface area contributed by atoms with Crippen LogP contribution in [0, 0.1) is 0 Å². The summed E-state index contributed by atoms with van der Waals surface area (Å²) >= 11 is 1.28. The van der Waals surface area contributed by atoms with Crippen molar-refractivity contribution in [2.45, 2.75) is 37.8 Å². The Morgan fingerprint density at radius 1 is 0.951 bits per heavy atom. The lowest BCUT2D eigenvalue weighted by atomic mass is 10.1. The quantitative estimate of drug-likeness (QED) is 0.296. The molecular weight excluding hydrogens is 540 g/mol. The van der Waals surface area contributed by atoms with Crippen molar-refractivity contribution in [1.29, 1.82) is 0 Å². The van der Waals surface area contributed by atoms with E-state index in [0.717, 1.165) is 29.5 Å². The number of hydrogen-bond donors (Lipinski definition) is 2. The maximum atomic E-state index is 13.4. The standard InChI is InChI=1S/C31H28N4O5S/c36-27(32-24-15-16-24)22-13-11-21(12-14-22)25-19-41-30(33-25)34-28(37)26-18-39-29(23-9-5-2-6-10-23)35(26)31(38)40-17-20-7-3-1-4-8-20/h1-14,19,24,26,29H,15-18H2,(H,32,36)(H,33,34,37)/t26-,29?/m0/s1. The zero-order valence-corrected chi connectivity index (χ0v) is 22.9. The third-order valence-corrected chi connectivity index (χ3v) is 7.65. The van der Waals surface area contributed by atoms with Crippen LogP contribution < -0.4 is 10.6 Å². The monoisotopic (exact) mass is 568 g/mol. The van der Waals surface area contributed by atoms with Crippen molar-refractivity contribution in [1.82, 2.24) is 15.2 Å². The van der Waals surface area contributed by atoms with Crippen LogP contribution in [0.15, 0.2) is 90.3 Å². The first-order chi connectivity index (χ1) is 20.0. The number of carbonyl (C=O) groups excluding carboxylic acids is 3. The normalized spacial score (nSPS) is 18.1. The minimum Gasteiger partial charge on any atom is -0.444 e. The van der Waals surface area contributed by atoms with E-state index in [1.54, 1.807) is 12.1 Å². The summed E-state index contributed by atoms with van der Waals surface area (Å²) in [5.74, 6) is -0.502. The highest BCUT2D eigenvalue weighted by Crippen LogP contribution is 2.33. The van der Waals surface area contributed by atoms with Gasteiger partial charge in [0, 0.05) is 28.1 Å². The van der Waals surface area contributed by atoms with E-state index in [-0.39, 0.29) is 19.1 Å². The molecule has 3 amide bonds. The summed E-state index contributed by atoms with van der Waals surface area (Å²) in [5, 5.41) is 8.04. The molecule has 1 aliphatic heterocycles. The molecule has 6 rings (SSSR count). The van der Waals surface area contributed by atoms with Gasteiger partial charge in [0.15, 0.2) is 11.4 Å². The van der Waals surface area contributed by atoms with Crippen LogP contribution in [0.2, 0.25) is 0 Å². The molecule has 41 heavy (non-hydrogen) atoms. The molecule has 3 aromatic carbocycles. The van der Waals surface area contributed by atoms with Gasteiger partial charge in [0.2, 0.25) is 0 Å². The minimum absolute atomic E-state index is 0.00838. The van der Waals surface area contributed by atoms with Gasteiger partial charge in [-0.05, 0) is 30.5 Å². The van der Waals surface area contributed by atoms with Gasteiger partial charge >= 0.3 is 6.09 Å². The number of hydrogen-bond acceptors (Lipinski definition) is 7. The number of benzene rings is 3. The van der Waals surface area contributed by atoms with Gasteiger partial charge in [0.25, 0.3) is 11.8 Å². The summed E-state index contributed by atoms with van der Waals surface area (Å²) in [7, 11) is 0. The van der Waals surface area contributed by atoms with Crippen LogP contribution in [0.5, 0.6) is 0 Å². The van der Waals surface area contributed by atoms with Gasteiger partial charge < -0.3 is 20.1 Å². The second kappa shape index (κ2) is 11.9. The van der Waals surface area contributed by atoms with Crippen molar-refractivity contribution < 1.29 is 23.9 Å². The Labute approximate surface area is 241 Å². The molecule has 208 valence electrons. The lowest BCUT2D eigenvalue weighted by Crippen LogP contribution is -2.45. The van der Waals surface area contributed by atoms with Crippen molar-refractivity contribution in [3.63, 3.8) is 0 Å². The number of amides is 3. The van der Waals surface area contributed by atoms with Crippen LogP contribution in [-0.4, -0.2) is 46.5 Å². The van der Waals surface area contributed by atoms with E-state index < -0.39 is 24.3 Å². The number of rotatable bonds is 8. The summed E-state index contributed by atoms with van der Waals surface area (Å²) < 4.78 is 11.5. The molecule has 1 saturated heterocycles. The first-order valence-electron chi connectivity index (χ1n) is 13.4. The Balaban J connectivity index is 1.14. The molecule has 4 aromatic rings. The summed E-state index contributed by atoms with van der Waals surface area (Å²) in [5.41, 5.74) is 3.67. The lowest BCUT2D eigenvalue weighted by Gasteiger charge is -2.27. The predicted octanol–water partition coefficient (Wildman–Crippen LogP) is 5.38. The average Bonchev–Trinajstić information content (AvgIpc) is 3.51. The summed E-state index contributed by atoms with van der Waals surface area (Å²) in [4.78, 5) is 44.9. The van der Waals surface area contributed by atoms with E-state index >= 15 is 0 Å². The first kappa shape index (κ1) is 26.7. The number of nitrogens with one attached hydrogen (secondary N) is 2. The smallest absolute Gasteiger partial charge is 0.413 e. The Kier molecular flexibility index (Phi) is 7.75. The van der Waals surface area contributed by atoms with Crippen LogP contribution in [-0.2, 0) is 20.9 Å². The molecule has 2 aliphatic rings. The SMILES string of the molecule is O=C(NC1CC1)c1ccc(-c2csc(NC(=O)[C@@H]3COC(c4ccccc4)N3C(=O)OCc3ccccc3)n2)cc1. The topological polar surface area (TPSA) is 110 Å². The third-order valence-electron chi connectivity index (χ3n) is 6.89. The Morgan fingerprint density at radius 2 is 1.66 bits per heavy atom. The fourth-order valence-corrected chi connectivity index (χ4v) is 5.26. The van der Waals surface area contributed by atoms with Gasteiger partial charge in [-0.2, -0.15) is 0 Å². The molecule has 2 N–H and O–H groups in total. The molecule has 1 aromatic heterocycles. The van der Waals surface area contributed by atoms with Gasteiger partial charge in [0.1, 0.15) is 12.6 Å². The maximum Gasteiger partial charge on any atom is 0.413 e. The molecule has 9 nitrogen and oxygen atoms in total. The fourth-order valence-electron chi connectivity index (χ4n) is 4.54. The van der Waals surface area contributed by atoms with E-state index in [0.29, 0.717) is 22.4 Å². The molecule has 1 aliphatic carbocycles. The molecule has 2 atom stereocenters. The summed E-state index contributed by atoms with van der Waals surface area (Å²) in [6.07, 6.45) is 0.650. The second-order valence-corrected chi connectivity index (χ2v) is 10.8. The number of aromatic nitrogens is 1. The van der Waals surface area contributed by atoms with Crippen molar-refractivity contribution in [2.24, 2.45) is 0 Å². The average molecular weight is 569 g/mol. The van der Waals surface area contributed by atoms with Crippen LogP contribution >= 0.6 is 11.3 Å². The Morgan fingerprint density at radius 3 is 2.37 bits per heavy atom. The largest absolute Gasteiger partial charge is 0.444 e. The van der Waals surface area contributed by atoms with Crippen LogP contribution in [0.1, 0.15) is 40.6 Å². The van der Waals surface area contributed by atoms with Crippen LogP contribution in [0.3, 0.4) is 0 Å². The molecule has 0 radical (unpaired) electrons. The lowest BCUT2D eigenvalue weighted by molar-refractivity contribution is -0.120. The molecule has 1 unspecified atom stereocenters. The summed E-state index contributed by atoms with van der Waals surface area (Å²) in [6.45, 7) is 0.0807. The summed E-state index contributed by atoms with van der Waals surface area (Å²) in [6, 6.07) is 25.2. The second-order valence-electron chi connectivity index (χ2n) is 9.91. The molecule has 10 heteroatoms. The van der Waals surface area contributed by atoms with Gasteiger partial charge in [-0.1, -0.05) is 72.8 Å². The number of nitrogens with zero attached hydrogens (tertiary/aromatic N) is 2. The highest BCUT2D eigenvalue weighted by molar-refractivity contribution is 7.14. The van der Waals surface area contributed by atoms with E-state index in [2.05, 4.69) is 15.6 Å². The number of anilines is 1. The highest BCUT2D eigenvalue weighted by atomic mass is 32.1. The zero-order valence-electron chi connectivity index (χ0n) is 22.1. The van der Waals surface area contributed by atoms with Crippen molar-refractivity contribution >= 4 is 34.4 Å².